The summed E-state index contributed by atoms with van der Waals surface area (Å²) in [6.07, 6.45) is 3.65. The summed E-state index contributed by atoms with van der Waals surface area (Å²) in [4.78, 5) is 5.78. The average molecular weight is 244 g/mol. The van der Waals surface area contributed by atoms with Crippen LogP contribution in [-0.4, -0.2) is 14.6 Å². The summed E-state index contributed by atoms with van der Waals surface area (Å²) in [5.41, 5.74) is 0.855. The van der Waals surface area contributed by atoms with E-state index in [0.717, 1.165) is 11.5 Å². The number of nitrogens with zero attached hydrogens (tertiary/aromatic N) is 3. The molecular weight excluding hydrogens is 232 g/mol. The predicted octanol–water partition coefficient (Wildman–Crippen LogP) is 2.96. The first-order valence-electron chi connectivity index (χ1n) is 5.43. The molecule has 0 amide bonds. The Morgan fingerprint density at radius 1 is 1.35 bits per heavy atom. The van der Waals surface area contributed by atoms with Gasteiger partial charge in [-0.3, -0.25) is 0 Å². The zero-order valence-electron chi connectivity index (χ0n) is 9.37. The van der Waals surface area contributed by atoms with E-state index in [1.165, 1.54) is 4.88 Å². The highest BCUT2D eigenvalue weighted by Crippen LogP contribution is 2.22. The molecule has 4 nitrogen and oxygen atoms in total. The standard InChI is InChI=1S/C12H12N4S/c1-9(10-3-2-8-17-10)14-11-5-7-16-12(15-11)4-6-13-16/h2-9H,1H3,(H,14,15). The molecule has 5 heteroatoms. The molecule has 0 aromatic carbocycles. The number of rotatable bonds is 3. The van der Waals surface area contributed by atoms with Crippen LogP contribution in [0, 0.1) is 0 Å². The molecule has 0 spiro atoms. The van der Waals surface area contributed by atoms with Crippen molar-refractivity contribution in [3.63, 3.8) is 0 Å². The number of aromatic nitrogens is 3. The van der Waals surface area contributed by atoms with Crippen LogP contribution in [0.2, 0.25) is 0 Å². The van der Waals surface area contributed by atoms with E-state index < -0.39 is 0 Å². The molecule has 0 radical (unpaired) electrons. The number of hydrogen-bond acceptors (Lipinski definition) is 4. The lowest BCUT2D eigenvalue weighted by Crippen LogP contribution is -2.06. The molecule has 0 bridgehead atoms. The van der Waals surface area contributed by atoms with E-state index in [0.29, 0.717) is 0 Å². The molecular formula is C12H12N4S. The van der Waals surface area contributed by atoms with Crippen molar-refractivity contribution in [3.05, 3.63) is 46.9 Å². The van der Waals surface area contributed by atoms with Crippen LogP contribution in [0.1, 0.15) is 17.8 Å². The van der Waals surface area contributed by atoms with Crippen molar-refractivity contribution in [3.8, 4) is 0 Å². The van der Waals surface area contributed by atoms with Gasteiger partial charge in [0.1, 0.15) is 5.82 Å². The molecule has 3 heterocycles. The highest BCUT2D eigenvalue weighted by molar-refractivity contribution is 7.10. The fraction of sp³-hybridized carbons (Fsp3) is 0.167. The van der Waals surface area contributed by atoms with Crippen LogP contribution in [0.25, 0.3) is 5.65 Å². The fourth-order valence-corrected chi connectivity index (χ4v) is 2.46. The van der Waals surface area contributed by atoms with Crippen LogP contribution in [0.3, 0.4) is 0 Å². The van der Waals surface area contributed by atoms with Crippen LogP contribution in [0.15, 0.2) is 42.0 Å². The van der Waals surface area contributed by atoms with Gasteiger partial charge in [-0.25, -0.2) is 9.50 Å². The Kier molecular flexibility index (Phi) is 2.53. The fourth-order valence-electron chi connectivity index (χ4n) is 1.72. The number of anilines is 1. The molecule has 3 aromatic rings. The van der Waals surface area contributed by atoms with Gasteiger partial charge in [0, 0.05) is 17.1 Å². The van der Waals surface area contributed by atoms with Gasteiger partial charge in [0.25, 0.3) is 0 Å². The van der Waals surface area contributed by atoms with E-state index in [1.807, 2.05) is 18.3 Å². The summed E-state index contributed by atoms with van der Waals surface area (Å²) in [7, 11) is 0. The summed E-state index contributed by atoms with van der Waals surface area (Å²) in [5, 5.41) is 9.59. The van der Waals surface area contributed by atoms with Crippen molar-refractivity contribution in [2.45, 2.75) is 13.0 Å². The van der Waals surface area contributed by atoms with Gasteiger partial charge in [-0.1, -0.05) is 6.07 Å². The van der Waals surface area contributed by atoms with Crippen LogP contribution in [0.4, 0.5) is 5.82 Å². The Morgan fingerprint density at radius 3 is 3.12 bits per heavy atom. The maximum atomic E-state index is 4.48. The third-order valence-corrected chi connectivity index (χ3v) is 3.65. The molecule has 1 atom stereocenters. The first kappa shape index (κ1) is 10.3. The van der Waals surface area contributed by atoms with Gasteiger partial charge in [-0.2, -0.15) is 5.10 Å². The van der Waals surface area contributed by atoms with Crippen molar-refractivity contribution in [2.24, 2.45) is 0 Å². The molecule has 17 heavy (non-hydrogen) atoms. The van der Waals surface area contributed by atoms with Gasteiger partial charge in [0.2, 0.25) is 0 Å². The Bertz CT molecular complexity index is 614. The molecule has 0 saturated heterocycles. The Morgan fingerprint density at radius 2 is 2.29 bits per heavy atom. The normalized spacial score (nSPS) is 12.8. The largest absolute Gasteiger partial charge is 0.363 e. The molecule has 1 N–H and O–H groups in total. The monoisotopic (exact) mass is 244 g/mol. The summed E-state index contributed by atoms with van der Waals surface area (Å²) >= 11 is 1.75. The van der Waals surface area contributed by atoms with E-state index in [1.54, 1.807) is 22.0 Å². The highest BCUT2D eigenvalue weighted by atomic mass is 32.1. The Balaban J connectivity index is 1.84. The maximum absolute atomic E-state index is 4.48. The molecule has 0 saturated carbocycles. The molecule has 0 aliphatic heterocycles. The third-order valence-electron chi connectivity index (χ3n) is 2.59. The average Bonchev–Trinajstić information content (AvgIpc) is 2.99. The number of fused-ring (bicyclic) bond motifs is 1. The second-order valence-corrected chi connectivity index (χ2v) is 4.81. The minimum absolute atomic E-state index is 0.271. The molecule has 0 aliphatic rings. The van der Waals surface area contributed by atoms with Gasteiger partial charge >= 0.3 is 0 Å². The van der Waals surface area contributed by atoms with E-state index in [2.05, 4.69) is 39.8 Å². The van der Waals surface area contributed by atoms with E-state index in [9.17, 15) is 0 Å². The van der Waals surface area contributed by atoms with Gasteiger partial charge in [0.05, 0.1) is 12.2 Å². The zero-order valence-corrected chi connectivity index (χ0v) is 10.2. The quantitative estimate of drug-likeness (QED) is 0.770. The topological polar surface area (TPSA) is 42.2 Å². The van der Waals surface area contributed by atoms with E-state index >= 15 is 0 Å². The molecule has 0 aliphatic carbocycles. The lowest BCUT2D eigenvalue weighted by Gasteiger charge is -2.12. The Labute approximate surface area is 103 Å². The van der Waals surface area contributed by atoms with E-state index in [-0.39, 0.29) is 6.04 Å². The first-order chi connectivity index (χ1) is 8.33. The zero-order chi connectivity index (χ0) is 11.7. The smallest absolute Gasteiger partial charge is 0.157 e. The molecule has 3 aromatic heterocycles. The van der Waals surface area contributed by atoms with Crippen LogP contribution < -0.4 is 5.32 Å². The number of hydrogen-bond donors (Lipinski definition) is 1. The van der Waals surface area contributed by atoms with Gasteiger partial charge in [-0.15, -0.1) is 11.3 Å². The van der Waals surface area contributed by atoms with Crippen LogP contribution >= 0.6 is 11.3 Å². The minimum atomic E-state index is 0.271. The summed E-state index contributed by atoms with van der Waals surface area (Å²) in [6.45, 7) is 2.13. The Hall–Kier alpha value is -1.88. The molecule has 0 fully saturated rings. The highest BCUT2D eigenvalue weighted by Gasteiger charge is 2.07. The summed E-state index contributed by atoms with van der Waals surface area (Å²) < 4.78 is 1.75. The van der Waals surface area contributed by atoms with Crippen LogP contribution in [-0.2, 0) is 0 Å². The molecule has 86 valence electrons. The predicted molar refractivity (Wildman–Crippen MR) is 69.3 cm³/mol. The maximum Gasteiger partial charge on any atom is 0.157 e. The first-order valence-corrected chi connectivity index (χ1v) is 6.31. The lowest BCUT2D eigenvalue weighted by molar-refractivity contribution is 0.884. The lowest BCUT2D eigenvalue weighted by atomic mass is 10.3. The van der Waals surface area contributed by atoms with Crippen molar-refractivity contribution < 1.29 is 0 Å². The molecule has 3 rings (SSSR count). The minimum Gasteiger partial charge on any atom is -0.363 e. The van der Waals surface area contributed by atoms with Crippen molar-refractivity contribution in [1.29, 1.82) is 0 Å². The number of thiophene rings is 1. The third kappa shape index (κ3) is 2.01. The number of nitrogens with one attached hydrogen (secondary N) is 1. The van der Waals surface area contributed by atoms with Crippen molar-refractivity contribution >= 4 is 22.8 Å². The molecule has 1 unspecified atom stereocenters. The van der Waals surface area contributed by atoms with Crippen molar-refractivity contribution in [1.82, 2.24) is 14.6 Å². The summed E-state index contributed by atoms with van der Waals surface area (Å²) in [6, 6.07) is 8.28. The SMILES string of the molecule is CC(Nc1ccn2nccc2n1)c1cccs1. The van der Waals surface area contributed by atoms with Gasteiger partial charge < -0.3 is 5.32 Å². The van der Waals surface area contributed by atoms with Crippen LogP contribution in [0.5, 0.6) is 0 Å². The van der Waals surface area contributed by atoms with Crippen molar-refractivity contribution in [2.75, 3.05) is 5.32 Å². The van der Waals surface area contributed by atoms with Gasteiger partial charge in [-0.05, 0) is 24.4 Å². The second-order valence-electron chi connectivity index (χ2n) is 3.83. The van der Waals surface area contributed by atoms with E-state index in [4.69, 9.17) is 0 Å². The summed E-state index contributed by atoms with van der Waals surface area (Å²) in [5.74, 6) is 0.874. The second kappa shape index (κ2) is 4.18. The van der Waals surface area contributed by atoms with Gasteiger partial charge in [0.15, 0.2) is 5.65 Å².